The molecule has 1 heterocycles. The zero-order valence-electron chi connectivity index (χ0n) is 13.6. The van der Waals surface area contributed by atoms with Crippen LogP contribution in [0.25, 0.3) is 0 Å². The molecule has 134 valence electrons. The van der Waals surface area contributed by atoms with Gasteiger partial charge >= 0.3 is 0 Å². The Kier molecular flexibility index (Phi) is 5.70. The number of hydrogen-bond acceptors (Lipinski definition) is 5. The highest BCUT2D eigenvalue weighted by Gasteiger charge is 2.27. The van der Waals surface area contributed by atoms with Gasteiger partial charge in [-0.1, -0.05) is 35.9 Å². The van der Waals surface area contributed by atoms with Crippen molar-refractivity contribution in [3.05, 3.63) is 59.1 Å². The molecule has 0 radical (unpaired) electrons. The second kappa shape index (κ2) is 8.35. The first-order valence-electron chi connectivity index (χ1n) is 7.85. The van der Waals surface area contributed by atoms with E-state index < -0.39 is 17.9 Å². The Morgan fingerprint density at radius 1 is 1.15 bits per heavy atom. The number of nitrogens with one attached hydrogen (secondary N) is 2. The summed E-state index contributed by atoms with van der Waals surface area (Å²) < 4.78 is 11.0. The molecule has 0 aliphatic carbocycles. The van der Waals surface area contributed by atoms with Gasteiger partial charge < -0.3 is 14.8 Å². The van der Waals surface area contributed by atoms with E-state index in [0.717, 1.165) is 5.56 Å². The van der Waals surface area contributed by atoms with Crippen molar-refractivity contribution in [3.8, 4) is 11.5 Å². The smallest absolute Gasteiger partial charge is 0.265 e. The summed E-state index contributed by atoms with van der Waals surface area (Å²) in [7, 11) is 0. The average molecular weight is 374 g/mol. The summed E-state index contributed by atoms with van der Waals surface area (Å²) in [5.74, 6) is 0.193. The lowest BCUT2D eigenvalue weighted by Crippen LogP contribution is -2.46. The highest BCUT2D eigenvalue weighted by Crippen LogP contribution is 2.30. The van der Waals surface area contributed by atoms with E-state index >= 15 is 0 Å². The van der Waals surface area contributed by atoms with E-state index in [9.17, 15) is 9.59 Å². The Morgan fingerprint density at radius 3 is 2.65 bits per heavy atom. The SMILES string of the molecule is O=C(CNC(=O)[C@H]1COc2ccccc2O1)N/N=C\c1ccc(Cl)cc1. The maximum Gasteiger partial charge on any atom is 0.265 e. The second-order valence-corrected chi connectivity index (χ2v) is 5.86. The van der Waals surface area contributed by atoms with Gasteiger partial charge in [0, 0.05) is 5.02 Å². The fourth-order valence-electron chi connectivity index (χ4n) is 2.20. The molecule has 26 heavy (non-hydrogen) atoms. The summed E-state index contributed by atoms with van der Waals surface area (Å²) in [6, 6.07) is 14.0. The first-order chi connectivity index (χ1) is 12.6. The lowest BCUT2D eigenvalue weighted by molar-refractivity contribution is -0.132. The lowest BCUT2D eigenvalue weighted by atomic mass is 10.2. The van der Waals surface area contributed by atoms with E-state index in [1.807, 2.05) is 6.07 Å². The normalized spacial score (nSPS) is 15.5. The van der Waals surface area contributed by atoms with Crippen molar-refractivity contribution < 1.29 is 19.1 Å². The fourth-order valence-corrected chi connectivity index (χ4v) is 2.32. The predicted octanol–water partition coefficient (Wildman–Crippen LogP) is 1.75. The maximum absolute atomic E-state index is 12.1. The van der Waals surface area contributed by atoms with Crippen LogP contribution in [0.1, 0.15) is 5.56 Å². The standard InChI is InChI=1S/C18H16ClN3O4/c19-13-7-5-12(6-8-13)9-21-22-17(23)10-20-18(24)16-11-25-14-3-1-2-4-15(14)26-16/h1-9,16H,10-11H2,(H,20,24)(H,22,23)/b21-9-/t16-/m1/s1. The van der Waals surface area contributed by atoms with Crippen molar-refractivity contribution in [2.45, 2.75) is 6.10 Å². The summed E-state index contributed by atoms with van der Waals surface area (Å²) in [4.78, 5) is 23.8. The van der Waals surface area contributed by atoms with Gasteiger partial charge in [-0.2, -0.15) is 5.10 Å². The maximum atomic E-state index is 12.1. The molecule has 1 aliphatic rings. The summed E-state index contributed by atoms with van der Waals surface area (Å²) in [6.07, 6.45) is 0.667. The number of halogens is 1. The van der Waals surface area contributed by atoms with Crippen LogP contribution in [0.2, 0.25) is 5.02 Å². The van der Waals surface area contributed by atoms with Crippen molar-refractivity contribution in [2.75, 3.05) is 13.2 Å². The van der Waals surface area contributed by atoms with E-state index in [1.165, 1.54) is 6.21 Å². The van der Waals surface area contributed by atoms with Gasteiger partial charge in [-0.15, -0.1) is 0 Å². The van der Waals surface area contributed by atoms with Gasteiger partial charge in [-0.05, 0) is 29.8 Å². The Labute approximate surface area is 154 Å². The van der Waals surface area contributed by atoms with Crippen LogP contribution in [0.3, 0.4) is 0 Å². The summed E-state index contributed by atoms with van der Waals surface area (Å²) >= 11 is 5.79. The number of hydrogen-bond donors (Lipinski definition) is 2. The number of hydrazone groups is 1. The average Bonchev–Trinajstić information content (AvgIpc) is 2.67. The van der Waals surface area contributed by atoms with Crippen LogP contribution in [-0.2, 0) is 9.59 Å². The number of rotatable bonds is 5. The van der Waals surface area contributed by atoms with Crippen molar-refractivity contribution >= 4 is 29.6 Å². The van der Waals surface area contributed by atoms with Crippen molar-refractivity contribution in [3.63, 3.8) is 0 Å². The first kappa shape index (κ1) is 17.8. The van der Waals surface area contributed by atoms with Gasteiger partial charge in [0.1, 0.15) is 6.61 Å². The van der Waals surface area contributed by atoms with Gasteiger partial charge in [0.15, 0.2) is 11.5 Å². The molecule has 0 saturated heterocycles. The first-order valence-corrected chi connectivity index (χ1v) is 8.23. The van der Waals surface area contributed by atoms with E-state index in [2.05, 4.69) is 15.8 Å². The van der Waals surface area contributed by atoms with Crippen LogP contribution in [0, 0.1) is 0 Å². The van der Waals surface area contributed by atoms with Crippen molar-refractivity contribution in [2.24, 2.45) is 5.10 Å². The molecule has 2 aromatic rings. The van der Waals surface area contributed by atoms with Crippen LogP contribution in [-0.4, -0.2) is 37.3 Å². The van der Waals surface area contributed by atoms with Gasteiger partial charge in [-0.3, -0.25) is 9.59 Å². The number of fused-ring (bicyclic) bond motifs is 1. The summed E-state index contributed by atoms with van der Waals surface area (Å²) in [5, 5.41) is 6.92. The van der Waals surface area contributed by atoms with Crippen LogP contribution < -0.4 is 20.2 Å². The Balaban J connectivity index is 1.43. The van der Waals surface area contributed by atoms with Crippen LogP contribution in [0.4, 0.5) is 0 Å². The van der Waals surface area contributed by atoms with Crippen LogP contribution in [0.5, 0.6) is 11.5 Å². The number of para-hydroxylation sites is 2. The van der Waals surface area contributed by atoms with E-state index in [0.29, 0.717) is 16.5 Å². The number of ether oxygens (including phenoxy) is 2. The number of carbonyl (C=O) groups excluding carboxylic acids is 2. The van der Waals surface area contributed by atoms with Gasteiger partial charge in [0.05, 0.1) is 12.8 Å². The lowest BCUT2D eigenvalue weighted by Gasteiger charge is -2.25. The minimum atomic E-state index is -0.810. The predicted molar refractivity (Wildman–Crippen MR) is 96.6 cm³/mol. The van der Waals surface area contributed by atoms with Crippen LogP contribution in [0.15, 0.2) is 53.6 Å². The zero-order valence-corrected chi connectivity index (χ0v) is 14.4. The molecule has 2 N–H and O–H groups in total. The van der Waals surface area contributed by atoms with Gasteiger partial charge in [0.2, 0.25) is 6.10 Å². The monoisotopic (exact) mass is 373 g/mol. The van der Waals surface area contributed by atoms with E-state index in [4.69, 9.17) is 21.1 Å². The number of amides is 2. The zero-order chi connectivity index (χ0) is 18.4. The molecule has 0 spiro atoms. The largest absolute Gasteiger partial charge is 0.485 e. The molecule has 0 aromatic heterocycles. The molecule has 0 unspecified atom stereocenters. The van der Waals surface area contributed by atoms with Crippen molar-refractivity contribution in [1.29, 1.82) is 0 Å². The second-order valence-electron chi connectivity index (χ2n) is 5.43. The Hall–Kier alpha value is -3.06. The third-order valence-corrected chi connectivity index (χ3v) is 3.75. The molecule has 3 rings (SSSR count). The molecule has 7 nitrogen and oxygen atoms in total. The molecular formula is C18H16ClN3O4. The molecule has 0 saturated carbocycles. The Morgan fingerprint density at radius 2 is 1.88 bits per heavy atom. The molecule has 2 amide bonds. The molecule has 0 bridgehead atoms. The minimum Gasteiger partial charge on any atom is -0.485 e. The number of benzene rings is 2. The molecule has 2 aromatic carbocycles. The quantitative estimate of drug-likeness (QED) is 0.617. The number of nitrogens with zero attached hydrogens (tertiary/aromatic N) is 1. The summed E-state index contributed by atoms with van der Waals surface area (Å²) in [5.41, 5.74) is 3.11. The topological polar surface area (TPSA) is 89.0 Å². The van der Waals surface area contributed by atoms with Crippen molar-refractivity contribution in [1.82, 2.24) is 10.7 Å². The number of carbonyl (C=O) groups is 2. The molecular weight excluding hydrogens is 358 g/mol. The van der Waals surface area contributed by atoms with Crippen LogP contribution >= 0.6 is 11.6 Å². The summed E-state index contributed by atoms with van der Waals surface area (Å²) in [6.45, 7) is -0.141. The Bertz CT molecular complexity index is 823. The van der Waals surface area contributed by atoms with E-state index in [1.54, 1.807) is 42.5 Å². The minimum absolute atomic E-state index is 0.0825. The van der Waals surface area contributed by atoms with Gasteiger partial charge in [0.25, 0.3) is 11.8 Å². The third-order valence-electron chi connectivity index (χ3n) is 3.50. The molecule has 8 heteroatoms. The molecule has 1 aliphatic heterocycles. The molecule has 1 atom stereocenters. The fraction of sp³-hybridized carbons (Fsp3) is 0.167. The molecule has 0 fully saturated rings. The van der Waals surface area contributed by atoms with Gasteiger partial charge in [-0.25, -0.2) is 5.43 Å². The third kappa shape index (κ3) is 4.73. The highest BCUT2D eigenvalue weighted by molar-refractivity contribution is 6.30. The van der Waals surface area contributed by atoms with E-state index in [-0.39, 0.29) is 13.2 Å². The highest BCUT2D eigenvalue weighted by atomic mass is 35.5.